The zero-order valence-corrected chi connectivity index (χ0v) is 76.1. The maximum atomic E-state index is 12.9. The number of aromatic nitrogens is 12. The van der Waals surface area contributed by atoms with Gasteiger partial charge < -0.3 is 40.1 Å². The first kappa shape index (κ1) is 97.4. The first-order valence-electron chi connectivity index (χ1n) is 42.5. The number of benzene rings is 6. The minimum atomic E-state index is -2.90. The van der Waals surface area contributed by atoms with Crippen molar-refractivity contribution in [2.45, 2.75) is 118 Å². The number of para-hydroxylation sites is 1. The van der Waals surface area contributed by atoms with Gasteiger partial charge in [0.15, 0.2) is 0 Å². The molecular weight excluding hydrogens is 1820 g/mol. The standard InChI is InChI=1S/C18H17FN2O3.3C17H15ClN2O2.C17H14F2N2O3.C16H13ClN2O2/c1-12(19)24-15-4-2-3-13(11-15)5-6-14-7-8-16-20-9-10-21(16)17(14)18(22)23;1-11-8-12(10-14(18)9-11)2-3-13-4-5-15-19-6-7-20(15)16(13)17(21)22;1-11-2-3-12(14(18)10-11)4-5-13-6-7-15-19-8-9-20(15)16(13)17(21)22;1-11-3-2-4-14(18)13(11)7-5-12-6-8-15-19-9-10-20(15)16(12)17(21)22;18-17(19)24-13-4-2-1-3-11(13)5-6-12-7-8-14-20-9-10-21(14)15(12)16(22)23;17-13-4-2-1-3-11(13)5-6-12-7-8-14-18-9-10-19(14)15(12)16(20)21/h2-4,7-12H,5-6H2,1H3,(H,22,23);4-10H,2-3H2,1H3,(H,21,22);2-3,6-10H,4-5H2,1H3,(H,21,22);2-4,6,8-10H,5,7H2,1H3,(H,21,22);1-4,7-10,17H,5-6H2,(H,22,23);1-4,7-10H,5-6H2,(H,20,21). The summed E-state index contributed by atoms with van der Waals surface area (Å²) in [5.74, 6) is -5.28. The van der Waals surface area contributed by atoms with Crippen molar-refractivity contribution in [2.75, 3.05) is 0 Å². The van der Waals surface area contributed by atoms with Gasteiger partial charge in [-0.1, -0.05) is 162 Å². The van der Waals surface area contributed by atoms with Crippen molar-refractivity contribution in [3.05, 3.63) is 412 Å². The fraction of sp³-hybridized carbons (Fsp3) is 0.176. The number of imidazole rings is 6. The number of alkyl halides is 3. The van der Waals surface area contributed by atoms with E-state index < -0.39 is 48.8 Å². The van der Waals surface area contributed by atoms with Crippen LogP contribution in [0.1, 0.15) is 153 Å². The molecule has 0 radical (unpaired) electrons. The summed E-state index contributed by atoms with van der Waals surface area (Å²) in [5, 5.41) is 59.8. The average Bonchev–Trinajstić information content (AvgIpc) is 1.75. The Morgan fingerprint density at radius 2 is 0.644 bits per heavy atom. The molecule has 135 heavy (non-hydrogen) atoms. The number of fused-ring (bicyclic) bond motifs is 6. The van der Waals surface area contributed by atoms with Crippen molar-refractivity contribution in [3.63, 3.8) is 0 Å². The van der Waals surface area contributed by atoms with Gasteiger partial charge in [-0.2, -0.15) is 8.78 Å². The number of nitrogens with zero attached hydrogens (tertiary/aromatic N) is 12. The van der Waals surface area contributed by atoms with Gasteiger partial charge in [-0.3, -0.25) is 26.4 Å². The van der Waals surface area contributed by atoms with Crippen LogP contribution in [0.4, 0.5) is 13.2 Å². The van der Waals surface area contributed by atoms with Crippen LogP contribution in [0.25, 0.3) is 33.9 Å². The Kier molecular flexibility index (Phi) is 32.7. The fourth-order valence-corrected chi connectivity index (χ4v) is 17.1. The van der Waals surface area contributed by atoms with E-state index in [2.05, 4.69) is 40.7 Å². The SMILES string of the molecule is CC(F)Oc1cccc(CCc2ccc3nccn3c2C(=O)O)c1.Cc1cc(Cl)cc(CCc2ccc3nccn3c2C(=O)O)c1.Cc1ccc(CCc2ccc3nccn3c2C(=O)O)c(Cl)c1.Cc1cccc(Cl)c1CCc1ccc2nccn2c1C(=O)O.O=C(O)c1c(CCc2ccccc2Cl)ccc2nccn12.O=C(O)c1c(CCc2ccccc2OC(F)F)ccc2nccn12. The van der Waals surface area contributed by atoms with Crippen molar-refractivity contribution in [1.82, 2.24) is 56.3 Å². The zero-order valence-electron chi connectivity index (χ0n) is 73.1. The number of carboxylic acids is 6. The number of hydrogen-bond acceptors (Lipinski definition) is 14. The number of ether oxygens (including phenoxy) is 2. The number of aryl methyl sites for hydroxylation is 14. The molecule has 6 aromatic carbocycles. The van der Waals surface area contributed by atoms with E-state index in [1.54, 1.807) is 151 Å². The summed E-state index contributed by atoms with van der Waals surface area (Å²) in [6.45, 7) is 4.42. The number of aromatic carboxylic acids is 6. The third-order valence-corrected chi connectivity index (χ3v) is 23.4. The van der Waals surface area contributed by atoms with Crippen LogP contribution in [-0.2, 0) is 77.0 Å². The van der Waals surface area contributed by atoms with Crippen LogP contribution in [0.2, 0.25) is 20.1 Å². The second kappa shape index (κ2) is 45.3. The second-order valence-corrected chi connectivity index (χ2v) is 32.8. The Balaban J connectivity index is 0.000000137. The van der Waals surface area contributed by atoms with E-state index in [0.717, 1.165) is 88.8 Å². The van der Waals surface area contributed by atoms with Crippen LogP contribution in [0, 0.1) is 20.8 Å². The molecule has 0 fully saturated rings. The molecule has 0 aliphatic heterocycles. The lowest BCUT2D eigenvalue weighted by atomic mass is 9.99. The van der Waals surface area contributed by atoms with Gasteiger partial charge in [0.1, 0.15) is 79.5 Å². The summed E-state index contributed by atoms with van der Waals surface area (Å²) in [6.07, 6.45) is 25.2. The van der Waals surface area contributed by atoms with E-state index >= 15 is 0 Å². The van der Waals surface area contributed by atoms with Gasteiger partial charge in [-0.05, 0) is 266 Å². The fourth-order valence-electron chi connectivity index (χ4n) is 15.9. The highest BCUT2D eigenvalue weighted by Gasteiger charge is 2.24. The van der Waals surface area contributed by atoms with Crippen LogP contribution >= 0.6 is 46.4 Å². The lowest BCUT2D eigenvalue weighted by molar-refractivity contribution is -0.0504. The normalized spacial score (nSPS) is 11.2. The lowest BCUT2D eigenvalue weighted by Crippen LogP contribution is -2.11. The van der Waals surface area contributed by atoms with E-state index in [4.69, 9.17) is 51.1 Å². The Hall–Kier alpha value is -15.2. The molecule has 26 nitrogen and oxygen atoms in total. The predicted octanol–water partition coefficient (Wildman–Crippen LogP) is 21.7. The summed E-state index contributed by atoms with van der Waals surface area (Å²) in [6, 6.07) is 60.6. The molecule has 0 bridgehead atoms. The molecule has 0 aliphatic carbocycles. The third kappa shape index (κ3) is 24.8. The van der Waals surface area contributed by atoms with Gasteiger partial charge in [0.05, 0.1) is 0 Å². The second-order valence-electron chi connectivity index (χ2n) is 31.2. The molecule has 0 aliphatic rings. The highest BCUT2D eigenvalue weighted by molar-refractivity contribution is 6.32. The van der Waals surface area contributed by atoms with Gasteiger partial charge >= 0.3 is 42.4 Å². The molecule has 0 amide bonds. The van der Waals surface area contributed by atoms with Gasteiger partial charge in [0.2, 0.25) is 6.36 Å². The van der Waals surface area contributed by atoms with Gasteiger partial charge in [0, 0.05) is 101 Å². The Bertz CT molecular complexity index is 7310. The van der Waals surface area contributed by atoms with Crippen LogP contribution in [-0.4, -0.2) is 136 Å². The summed E-state index contributed by atoms with van der Waals surface area (Å²) in [4.78, 5) is 94.2. The summed E-state index contributed by atoms with van der Waals surface area (Å²) >= 11 is 24.7. The molecule has 690 valence electrons. The molecule has 0 saturated carbocycles. The highest BCUT2D eigenvalue weighted by atomic mass is 35.5. The van der Waals surface area contributed by atoms with Gasteiger partial charge in [-0.25, -0.2) is 63.1 Å². The number of pyridine rings is 6. The smallest absolute Gasteiger partial charge is 0.387 e. The molecule has 6 N–H and O–H groups in total. The highest BCUT2D eigenvalue weighted by Crippen LogP contribution is 2.30. The van der Waals surface area contributed by atoms with Gasteiger partial charge in [0.25, 0.3) is 0 Å². The number of carbonyl (C=O) groups is 6. The quantitative estimate of drug-likeness (QED) is 0.0265. The van der Waals surface area contributed by atoms with E-state index in [1.165, 1.54) is 23.6 Å². The topological polar surface area (TPSA) is 346 Å². The largest absolute Gasteiger partial charge is 0.477 e. The molecule has 33 heteroatoms. The molecule has 1 atom stereocenters. The molecular formula is C102H89Cl4F3N12O14. The first-order chi connectivity index (χ1) is 64.9. The van der Waals surface area contributed by atoms with E-state index in [-0.39, 0.29) is 39.9 Å². The monoisotopic (exact) mass is 1900 g/mol. The first-order valence-corrected chi connectivity index (χ1v) is 44.0. The van der Waals surface area contributed by atoms with E-state index in [0.29, 0.717) is 131 Å². The number of rotatable bonds is 28. The minimum absolute atomic E-state index is 0.105. The van der Waals surface area contributed by atoms with E-state index in [9.17, 15) is 72.6 Å². The van der Waals surface area contributed by atoms with Gasteiger partial charge in [-0.15, -0.1) is 0 Å². The summed E-state index contributed by atoms with van der Waals surface area (Å²) in [7, 11) is 0. The van der Waals surface area contributed by atoms with Crippen LogP contribution < -0.4 is 9.47 Å². The van der Waals surface area contributed by atoms with Crippen LogP contribution in [0.5, 0.6) is 11.5 Å². The molecule has 0 saturated heterocycles. The van der Waals surface area contributed by atoms with E-state index in [1.807, 2.05) is 148 Å². The van der Waals surface area contributed by atoms with Crippen molar-refractivity contribution >= 4 is 116 Å². The van der Waals surface area contributed by atoms with Crippen molar-refractivity contribution < 1.29 is 82.1 Å². The summed E-state index contributed by atoms with van der Waals surface area (Å²) < 4.78 is 56.9. The van der Waals surface area contributed by atoms with Crippen LogP contribution in [0.3, 0.4) is 0 Å². The van der Waals surface area contributed by atoms with Crippen LogP contribution in [0.15, 0.2) is 275 Å². The predicted molar refractivity (Wildman–Crippen MR) is 508 cm³/mol. The van der Waals surface area contributed by atoms with Crippen molar-refractivity contribution in [2.24, 2.45) is 0 Å². The molecule has 1 unspecified atom stereocenters. The number of halogens is 7. The molecule has 12 aromatic heterocycles. The maximum Gasteiger partial charge on any atom is 0.387 e. The Labute approximate surface area is 791 Å². The lowest BCUT2D eigenvalue weighted by Gasteiger charge is -2.12. The number of hydrogen-bond donors (Lipinski definition) is 6. The van der Waals surface area contributed by atoms with Crippen molar-refractivity contribution in [3.8, 4) is 11.5 Å². The Morgan fingerprint density at radius 1 is 0.311 bits per heavy atom. The van der Waals surface area contributed by atoms with Crippen molar-refractivity contribution in [1.29, 1.82) is 0 Å². The Morgan fingerprint density at radius 3 is 1.01 bits per heavy atom. The average molecular weight is 1910 g/mol. The number of carboxylic acid groups (broad SMARTS) is 6. The third-order valence-electron chi connectivity index (χ3n) is 22.1. The minimum Gasteiger partial charge on any atom is -0.477 e. The molecule has 18 rings (SSSR count). The zero-order chi connectivity index (χ0) is 96.1. The molecule has 0 spiro atoms. The molecule has 18 aromatic rings. The molecule has 12 heterocycles. The maximum absolute atomic E-state index is 12.9. The summed E-state index contributed by atoms with van der Waals surface area (Å²) in [5.41, 5.74) is 18.6.